The fourth-order valence-electron chi connectivity index (χ4n) is 3.34. The number of carbonyl (C=O) groups is 1. The van der Waals surface area contributed by atoms with E-state index in [-0.39, 0.29) is 0 Å². The standard InChI is InChI=1S/C20H22N4O4/c21-20(26)24-5-1-2-16(19(24)25)18-13-14-12-15(3-4-17(14)22-18)28-11-8-23-6-9-27-10-7-23/h1-5,12-13,22H,6-11H2,(H2,21,26). The molecule has 0 spiro atoms. The Kier molecular flexibility index (Phi) is 5.14. The Hall–Kier alpha value is -3.10. The largest absolute Gasteiger partial charge is 0.492 e. The molecule has 0 atom stereocenters. The number of amides is 1. The molecule has 28 heavy (non-hydrogen) atoms. The first-order valence-electron chi connectivity index (χ1n) is 9.19. The van der Waals surface area contributed by atoms with Crippen LogP contribution in [0.25, 0.3) is 22.2 Å². The van der Waals surface area contributed by atoms with Gasteiger partial charge in [-0.1, -0.05) is 0 Å². The van der Waals surface area contributed by atoms with E-state index in [1.165, 1.54) is 6.20 Å². The van der Waals surface area contributed by atoms with Crippen molar-refractivity contribution in [1.82, 2.24) is 14.5 Å². The normalized spacial score (nSPS) is 15.0. The van der Waals surface area contributed by atoms with Gasteiger partial charge in [-0.2, -0.15) is 0 Å². The number of ether oxygens (including phenoxy) is 2. The number of aromatic nitrogens is 2. The Labute approximate surface area is 161 Å². The summed E-state index contributed by atoms with van der Waals surface area (Å²) in [5.41, 5.74) is 6.68. The van der Waals surface area contributed by atoms with Gasteiger partial charge in [-0.15, -0.1) is 0 Å². The Morgan fingerprint density at radius 2 is 2.04 bits per heavy atom. The monoisotopic (exact) mass is 382 g/mol. The van der Waals surface area contributed by atoms with Crippen molar-refractivity contribution in [3.63, 3.8) is 0 Å². The molecule has 1 aliphatic rings. The lowest BCUT2D eigenvalue weighted by Gasteiger charge is -2.26. The molecule has 1 aliphatic heterocycles. The lowest BCUT2D eigenvalue weighted by atomic mass is 10.2. The number of carbonyl (C=O) groups excluding carboxylic acids is 1. The molecule has 1 fully saturated rings. The van der Waals surface area contributed by atoms with E-state index in [1.807, 2.05) is 24.3 Å². The molecule has 8 heteroatoms. The molecule has 1 aromatic carbocycles. The first kappa shape index (κ1) is 18.3. The number of primary amides is 1. The molecule has 1 amide bonds. The summed E-state index contributed by atoms with van der Waals surface area (Å²) in [6.45, 7) is 4.87. The van der Waals surface area contributed by atoms with Crippen LogP contribution in [0.2, 0.25) is 0 Å². The fraction of sp³-hybridized carbons (Fsp3) is 0.300. The van der Waals surface area contributed by atoms with Gasteiger partial charge in [-0.05, 0) is 36.4 Å². The summed E-state index contributed by atoms with van der Waals surface area (Å²) in [7, 11) is 0. The summed E-state index contributed by atoms with van der Waals surface area (Å²) in [5.74, 6) is 0.772. The van der Waals surface area contributed by atoms with E-state index in [0.717, 1.165) is 54.1 Å². The molecule has 3 aromatic rings. The second kappa shape index (κ2) is 7.87. The van der Waals surface area contributed by atoms with Crippen LogP contribution in [0.4, 0.5) is 4.79 Å². The van der Waals surface area contributed by atoms with Crippen LogP contribution >= 0.6 is 0 Å². The maximum absolute atomic E-state index is 12.5. The van der Waals surface area contributed by atoms with Crippen molar-refractivity contribution in [1.29, 1.82) is 0 Å². The predicted molar refractivity (Wildman–Crippen MR) is 106 cm³/mol. The van der Waals surface area contributed by atoms with Crippen LogP contribution in [0.15, 0.2) is 47.4 Å². The minimum absolute atomic E-state index is 0.382. The molecular formula is C20H22N4O4. The number of hydrogen-bond acceptors (Lipinski definition) is 5. The number of fused-ring (bicyclic) bond motifs is 1. The second-order valence-electron chi connectivity index (χ2n) is 6.67. The fourth-order valence-corrected chi connectivity index (χ4v) is 3.34. The zero-order valence-corrected chi connectivity index (χ0v) is 15.4. The van der Waals surface area contributed by atoms with E-state index in [2.05, 4.69) is 9.88 Å². The van der Waals surface area contributed by atoms with Crippen molar-refractivity contribution in [2.75, 3.05) is 39.5 Å². The lowest BCUT2D eigenvalue weighted by molar-refractivity contribution is 0.0322. The summed E-state index contributed by atoms with van der Waals surface area (Å²) in [5, 5.41) is 0.924. The number of nitrogens with two attached hydrogens (primary N) is 1. The molecule has 0 saturated carbocycles. The van der Waals surface area contributed by atoms with Gasteiger partial charge in [0.15, 0.2) is 0 Å². The molecule has 2 aromatic heterocycles. The Bertz CT molecular complexity index is 1050. The highest BCUT2D eigenvalue weighted by Crippen LogP contribution is 2.25. The number of H-pyrrole nitrogens is 1. The van der Waals surface area contributed by atoms with Crippen molar-refractivity contribution >= 4 is 16.9 Å². The maximum Gasteiger partial charge on any atom is 0.325 e. The minimum Gasteiger partial charge on any atom is -0.492 e. The SMILES string of the molecule is NC(=O)n1cccc(-c2cc3cc(OCCN4CCOCC4)ccc3[nH]2)c1=O. The number of rotatable bonds is 5. The number of hydrogen-bond donors (Lipinski definition) is 2. The highest BCUT2D eigenvalue weighted by molar-refractivity contribution is 5.87. The highest BCUT2D eigenvalue weighted by Gasteiger charge is 2.12. The Morgan fingerprint density at radius 1 is 1.21 bits per heavy atom. The van der Waals surface area contributed by atoms with E-state index in [4.69, 9.17) is 15.2 Å². The van der Waals surface area contributed by atoms with Crippen molar-refractivity contribution in [2.24, 2.45) is 5.73 Å². The zero-order chi connectivity index (χ0) is 19.5. The molecule has 146 valence electrons. The second-order valence-corrected chi connectivity index (χ2v) is 6.67. The third-order valence-electron chi connectivity index (χ3n) is 4.85. The smallest absolute Gasteiger partial charge is 0.325 e. The number of aromatic amines is 1. The molecule has 8 nitrogen and oxygen atoms in total. The van der Waals surface area contributed by atoms with Crippen LogP contribution in [-0.4, -0.2) is 59.9 Å². The quantitative estimate of drug-likeness (QED) is 0.698. The topological polar surface area (TPSA) is 103 Å². The van der Waals surface area contributed by atoms with Gasteiger partial charge in [0, 0.05) is 36.7 Å². The van der Waals surface area contributed by atoms with Gasteiger partial charge in [-0.3, -0.25) is 9.69 Å². The Balaban J connectivity index is 1.51. The van der Waals surface area contributed by atoms with Gasteiger partial charge in [0.1, 0.15) is 12.4 Å². The molecule has 1 saturated heterocycles. The molecule has 0 unspecified atom stereocenters. The van der Waals surface area contributed by atoms with Gasteiger partial charge in [0.25, 0.3) is 5.56 Å². The summed E-state index contributed by atoms with van der Waals surface area (Å²) in [6, 6.07) is 10.1. The third-order valence-corrected chi connectivity index (χ3v) is 4.85. The van der Waals surface area contributed by atoms with E-state index in [1.54, 1.807) is 12.1 Å². The number of nitrogens with zero attached hydrogens (tertiary/aromatic N) is 2. The average Bonchev–Trinajstić information content (AvgIpc) is 3.12. The summed E-state index contributed by atoms with van der Waals surface area (Å²) < 4.78 is 12.1. The number of nitrogens with one attached hydrogen (secondary N) is 1. The van der Waals surface area contributed by atoms with Crippen LogP contribution in [0.1, 0.15) is 0 Å². The molecule has 0 aliphatic carbocycles. The number of morpholine rings is 1. The van der Waals surface area contributed by atoms with Gasteiger partial charge in [0.2, 0.25) is 0 Å². The van der Waals surface area contributed by atoms with E-state index in [0.29, 0.717) is 17.9 Å². The van der Waals surface area contributed by atoms with Gasteiger partial charge in [0.05, 0.1) is 24.5 Å². The molecule has 4 rings (SSSR count). The van der Waals surface area contributed by atoms with Crippen molar-refractivity contribution in [3.8, 4) is 17.0 Å². The lowest BCUT2D eigenvalue weighted by Crippen LogP contribution is -2.38. The molecule has 3 heterocycles. The van der Waals surface area contributed by atoms with Crippen molar-refractivity contribution in [3.05, 3.63) is 52.9 Å². The van der Waals surface area contributed by atoms with E-state index >= 15 is 0 Å². The van der Waals surface area contributed by atoms with Gasteiger partial charge < -0.3 is 20.2 Å². The summed E-state index contributed by atoms with van der Waals surface area (Å²) in [4.78, 5) is 29.4. The number of benzene rings is 1. The van der Waals surface area contributed by atoms with Gasteiger partial charge in [-0.25, -0.2) is 9.36 Å². The van der Waals surface area contributed by atoms with Crippen LogP contribution in [0.5, 0.6) is 5.75 Å². The van der Waals surface area contributed by atoms with E-state index < -0.39 is 11.6 Å². The van der Waals surface area contributed by atoms with Crippen LogP contribution in [-0.2, 0) is 4.74 Å². The van der Waals surface area contributed by atoms with Crippen LogP contribution in [0.3, 0.4) is 0 Å². The number of pyridine rings is 1. The maximum atomic E-state index is 12.5. The first-order valence-corrected chi connectivity index (χ1v) is 9.19. The average molecular weight is 382 g/mol. The first-order chi connectivity index (χ1) is 13.6. The third kappa shape index (κ3) is 3.78. The minimum atomic E-state index is -0.807. The van der Waals surface area contributed by atoms with E-state index in [9.17, 15) is 9.59 Å². The summed E-state index contributed by atoms with van der Waals surface area (Å²) in [6.07, 6.45) is 1.36. The molecule has 3 N–H and O–H groups in total. The molecule has 0 bridgehead atoms. The van der Waals surface area contributed by atoms with Gasteiger partial charge >= 0.3 is 6.03 Å². The van der Waals surface area contributed by atoms with Crippen molar-refractivity contribution in [2.45, 2.75) is 0 Å². The predicted octanol–water partition coefficient (Wildman–Crippen LogP) is 1.63. The summed E-state index contributed by atoms with van der Waals surface area (Å²) >= 11 is 0. The zero-order valence-electron chi connectivity index (χ0n) is 15.4. The van der Waals surface area contributed by atoms with Crippen LogP contribution in [0, 0.1) is 0 Å². The van der Waals surface area contributed by atoms with Crippen LogP contribution < -0.4 is 16.0 Å². The molecular weight excluding hydrogens is 360 g/mol. The highest BCUT2D eigenvalue weighted by atomic mass is 16.5. The van der Waals surface area contributed by atoms with Crippen molar-refractivity contribution < 1.29 is 14.3 Å². The molecule has 0 radical (unpaired) electrons. The Morgan fingerprint density at radius 3 is 2.82 bits per heavy atom.